The van der Waals surface area contributed by atoms with E-state index in [1.807, 2.05) is 19.9 Å². The predicted molar refractivity (Wildman–Crippen MR) is 119 cm³/mol. The first kappa shape index (κ1) is 24.6. The number of carbonyl (C=O) groups excluding carboxylic acids is 1. The second-order valence-corrected chi connectivity index (χ2v) is 9.01. The third-order valence-electron chi connectivity index (χ3n) is 6.33. The summed E-state index contributed by atoms with van der Waals surface area (Å²) in [6.07, 6.45) is 5.82. The molecular weight excluding hydrogens is 429 g/mol. The molecule has 33 heavy (non-hydrogen) atoms. The minimum atomic E-state index is -0.711. The molecule has 0 aromatic heterocycles. The Labute approximate surface area is 193 Å². The Morgan fingerprint density at radius 3 is 2.58 bits per heavy atom. The summed E-state index contributed by atoms with van der Waals surface area (Å²) in [4.78, 5) is 15.1. The Bertz CT molecular complexity index is 999. The maximum Gasteiger partial charge on any atom is 0.229 e. The van der Waals surface area contributed by atoms with Gasteiger partial charge in [-0.3, -0.25) is 4.79 Å². The van der Waals surface area contributed by atoms with Crippen LogP contribution in [0.15, 0.2) is 54.1 Å². The normalized spacial score (nSPS) is 25.7. The molecule has 2 aliphatic rings. The van der Waals surface area contributed by atoms with E-state index in [1.54, 1.807) is 4.90 Å². The van der Waals surface area contributed by atoms with Gasteiger partial charge < -0.3 is 9.64 Å². The quantitative estimate of drug-likeness (QED) is 0.256. The fourth-order valence-corrected chi connectivity index (χ4v) is 4.72. The van der Waals surface area contributed by atoms with E-state index in [1.165, 1.54) is 18.2 Å². The van der Waals surface area contributed by atoms with E-state index in [2.05, 4.69) is 6.58 Å². The van der Waals surface area contributed by atoms with Crippen LogP contribution in [0.1, 0.15) is 64.0 Å². The van der Waals surface area contributed by atoms with Crippen molar-refractivity contribution in [2.75, 3.05) is 6.54 Å². The van der Waals surface area contributed by atoms with Crippen LogP contribution in [-0.2, 0) is 9.53 Å². The summed E-state index contributed by atoms with van der Waals surface area (Å²) in [5, 5.41) is 9.19. The Morgan fingerprint density at radius 1 is 1.33 bits per heavy atom. The van der Waals surface area contributed by atoms with Crippen LogP contribution in [0.5, 0.6) is 0 Å². The van der Waals surface area contributed by atoms with E-state index in [0.717, 1.165) is 25.0 Å². The third-order valence-corrected chi connectivity index (χ3v) is 6.33. The zero-order valence-corrected chi connectivity index (χ0v) is 19.0. The number of likely N-dealkylation sites (tertiary alicyclic amines) is 1. The molecule has 1 aromatic carbocycles. The summed E-state index contributed by atoms with van der Waals surface area (Å²) in [6, 6.07) is 4.88. The van der Waals surface area contributed by atoms with Gasteiger partial charge in [-0.05, 0) is 62.0 Å². The molecule has 176 valence electrons. The van der Waals surface area contributed by atoms with Crippen LogP contribution >= 0.6 is 0 Å². The van der Waals surface area contributed by atoms with E-state index >= 15 is 0 Å². The highest BCUT2D eigenvalue weighted by Gasteiger charge is 2.51. The lowest BCUT2D eigenvalue weighted by Crippen LogP contribution is -2.52. The topological polar surface area (TPSA) is 53.3 Å². The van der Waals surface area contributed by atoms with E-state index in [0.29, 0.717) is 43.6 Å². The van der Waals surface area contributed by atoms with Crippen LogP contribution in [0.4, 0.5) is 13.2 Å². The van der Waals surface area contributed by atoms with Gasteiger partial charge in [0.25, 0.3) is 0 Å². The number of nitrogens with zero attached hydrogens (tertiary/aromatic N) is 2. The SMILES string of the molecule is C=C/C(F)=C(C#N)\C=C(/CCC)OC1CC(C)(C(=O)N2CCCC2c2cc(F)cc(F)c2)C1. The summed E-state index contributed by atoms with van der Waals surface area (Å²) < 4.78 is 47.3. The van der Waals surface area contributed by atoms with Crippen molar-refractivity contribution >= 4 is 5.91 Å². The summed E-state index contributed by atoms with van der Waals surface area (Å²) in [6.45, 7) is 7.71. The fraction of sp³-hybridized carbons (Fsp3) is 0.462. The number of amides is 1. The highest BCUT2D eigenvalue weighted by atomic mass is 19.1. The molecule has 1 aliphatic heterocycles. The summed E-state index contributed by atoms with van der Waals surface area (Å²) in [5.74, 6) is -1.56. The van der Waals surface area contributed by atoms with Crippen molar-refractivity contribution in [1.29, 1.82) is 5.26 Å². The van der Waals surface area contributed by atoms with Crippen molar-refractivity contribution < 1.29 is 22.7 Å². The van der Waals surface area contributed by atoms with Gasteiger partial charge in [-0.25, -0.2) is 13.2 Å². The van der Waals surface area contributed by atoms with Gasteiger partial charge in [-0.2, -0.15) is 5.26 Å². The monoisotopic (exact) mass is 458 g/mol. The molecule has 1 saturated carbocycles. The number of allylic oxidation sites excluding steroid dienone is 5. The van der Waals surface area contributed by atoms with E-state index in [9.17, 15) is 23.2 Å². The summed E-state index contributed by atoms with van der Waals surface area (Å²) in [7, 11) is 0. The largest absolute Gasteiger partial charge is 0.495 e. The number of hydrogen-bond acceptors (Lipinski definition) is 3. The Balaban J connectivity index is 1.69. The second kappa shape index (κ2) is 10.3. The van der Waals surface area contributed by atoms with Gasteiger partial charge in [-0.1, -0.05) is 20.4 Å². The van der Waals surface area contributed by atoms with Crippen molar-refractivity contribution in [3.63, 3.8) is 0 Å². The van der Waals surface area contributed by atoms with Crippen molar-refractivity contribution in [1.82, 2.24) is 4.90 Å². The molecule has 1 amide bonds. The van der Waals surface area contributed by atoms with Crippen LogP contribution in [-0.4, -0.2) is 23.5 Å². The minimum absolute atomic E-state index is 0.0501. The molecule has 1 saturated heterocycles. The van der Waals surface area contributed by atoms with Gasteiger partial charge in [0.15, 0.2) is 0 Å². The number of nitriles is 1. The lowest BCUT2D eigenvalue weighted by atomic mass is 9.67. The van der Waals surface area contributed by atoms with Gasteiger partial charge in [0, 0.05) is 19.0 Å². The van der Waals surface area contributed by atoms with Crippen LogP contribution in [0.3, 0.4) is 0 Å². The Kier molecular flexibility index (Phi) is 7.68. The van der Waals surface area contributed by atoms with Gasteiger partial charge in [-0.15, -0.1) is 0 Å². The standard InChI is InChI=1S/C26H29F3N2O2/c1-4-7-21(12-18(16-30)23(29)5-2)33-22-14-26(3,15-22)25(32)31-9-6-8-24(31)17-10-19(27)13-20(28)11-17/h5,10-13,22,24H,2,4,6-9,14-15H2,1,3H3/b21-12+,23-18-. The maximum absolute atomic E-state index is 13.8. The molecule has 1 unspecified atom stereocenters. The van der Waals surface area contributed by atoms with Gasteiger partial charge in [0.2, 0.25) is 5.91 Å². The first-order valence-electron chi connectivity index (χ1n) is 11.3. The number of benzene rings is 1. The first-order chi connectivity index (χ1) is 15.7. The number of rotatable bonds is 8. The number of carbonyl (C=O) groups is 1. The molecule has 1 atom stereocenters. The van der Waals surface area contributed by atoms with Crippen molar-refractivity contribution in [3.05, 3.63) is 71.3 Å². The Hall–Kier alpha value is -3.01. The summed E-state index contributed by atoms with van der Waals surface area (Å²) in [5.41, 5.74) is -0.312. The van der Waals surface area contributed by atoms with Crippen LogP contribution in [0, 0.1) is 28.4 Å². The molecule has 7 heteroatoms. The van der Waals surface area contributed by atoms with Gasteiger partial charge in [0.1, 0.15) is 29.6 Å². The highest BCUT2D eigenvalue weighted by molar-refractivity contribution is 5.84. The molecule has 4 nitrogen and oxygen atoms in total. The maximum atomic E-state index is 13.8. The predicted octanol–water partition coefficient (Wildman–Crippen LogP) is 6.43. The average Bonchev–Trinajstić information content (AvgIpc) is 3.24. The molecule has 1 heterocycles. The minimum Gasteiger partial charge on any atom is -0.495 e. The first-order valence-corrected chi connectivity index (χ1v) is 11.3. The zero-order valence-electron chi connectivity index (χ0n) is 19.0. The molecule has 1 aromatic rings. The Morgan fingerprint density at radius 2 is 2.00 bits per heavy atom. The number of ether oxygens (including phenoxy) is 1. The van der Waals surface area contributed by atoms with Crippen LogP contribution in [0.2, 0.25) is 0 Å². The van der Waals surface area contributed by atoms with Crippen molar-refractivity contribution in [2.45, 2.75) is 64.5 Å². The molecule has 2 fully saturated rings. The second-order valence-electron chi connectivity index (χ2n) is 9.01. The molecule has 3 rings (SSSR count). The number of hydrogen-bond donors (Lipinski definition) is 0. The average molecular weight is 459 g/mol. The van der Waals surface area contributed by atoms with E-state index < -0.39 is 22.9 Å². The smallest absolute Gasteiger partial charge is 0.229 e. The van der Waals surface area contributed by atoms with E-state index in [-0.39, 0.29) is 23.6 Å². The molecule has 0 spiro atoms. The van der Waals surface area contributed by atoms with Crippen LogP contribution < -0.4 is 0 Å². The third kappa shape index (κ3) is 5.50. The van der Waals surface area contributed by atoms with Crippen molar-refractivity contribution in [3.8, 4) is 6.07 Å². The fourth-order valence-electron chi connectivity index (χ4n) is 4.72. The van der Waals surface area contributed by atoms with Gasteiger partial charge >= 0.3 is 0 Å². The molecule has 0 N–H and O–H groups in total. The lowest BCUT2D eigenvalue weighted by molar-refractivity contribution is -0.156. The van der Waals surface area contributed by atoms with E-state index in [4.69, 9.17) is 4.74 Å². The van der Waals surface area contributed by atoms with Gasteiger partial charge in [0.05, 0.1) is 22.8 Å². The summed E-state index contributed by atoms with van der Waals surface area (Å²) >= 11 is 0. The zero-order chi connectivity index (χ0) is 24.2. The molecule has 0 radical (unpaired) electrons. The molecule has 1 aliphatic carbocycles. The lowest BCUT2D eigenvalue weighted by Gasteiger charge is -2.46. The van der Waals surface area contributed by atoms with Crippen LogP contribution in [0.25, 0.3) is 0 Å². The molecular formula is C26H29F3N2O2. The molecule has 0 bridgehead atoms. The van der Waals surface area contributed by atoms with Crippen molar-refractivity contribution in [2.24, 2.45) is 5.41 Å². The number of halogens is 3. The highest BCUT2D eigenvalue weighted by Crippen LogP contribution is 2.47.